The van der Waals surface area contributed by atoms with Crippen molar-refractivity contribution in [3.63, 3.8) is 0 Å². The Bertz CT molecular complexity index is 337. The van der Waals surface area contributed by atoms with Gasteiger partial charge in [0, 0.05) is 31.2 Å². The average molecular weight is 223 g/mol. The quantitative estimate of drug-likeness (QED) is 0.763. The number of rotatable bonds is 4. The predicted octanol–water partition coefficient (Wildman–Crippen LogP) is 1.71. The Kier molecular flexibility index (Phi) is 3.51. The van der Waals surface area contributed by atoms with Crippen LogP contribution in [0.2, 0.25) is 0 Å². The largest absolute Gasteiger partial charge is 0.309 e. The molecule has 3 nitrogen and oxygen atoms in total. The van der Waals surface area contributed by atoms with Crippen molar-refractivity contribution in [3.05, 3.63) is 27.7 Å². The smallest absolute Gasteiger partial charge is 0.109 e. The van der Waals surface area contributed by atoms with Crippen molar-refractivity contribution in [2.24, 2.45) is 0 Å². The van der Waals surface area contributed by atoms with Crippen molar-refractivity contribution in [1.82, 2.24) is 15.6 Å². The lowest BCUT2D eigenvalue weighted by Gasteiger charge is -2.23. The van der Waals surface area contributed by atoms with E-state index in [4.69, 9.17) is 0 Å². The van der Waals surface area contributed by atoms with Gasteiger partial charge in [-0.25, -0.2) is 4.98 Å². The van der Waals surface area contributed by atoms with E-state index in [1.165, 1.54) is 10.6 Å². The van der Waals surface area contributed by atoms with E-state index in [0.29, 0.717) is 6.04 Å². The second kappa shape index (κ2) is 4.88. The van der Waals surface area contributed by atoms with Gasteiger partial charge in [-0.15, -0.1) is 11.3 Å². The van der Waals surface area contributed by atoms with Crippen molar-refractivity contribution < 1.29 is 0 Å². The summed E-state index contributed by atoms with van der Waals surface area (Å²) in [4.78, 5) is 4.30. The monoisotopic (exact) mass is 223 g/mol. The third kappa shape index (κ3) is 2.65. The van der Waals surface area contributed by atoms with Crippen LogP contribution in [0.5, 0.6) is 0 Å². The van der Waals surface area contributed by atoms with Gasteiger partial charge in [-0.3, -0.25) is 0 Å². The molecule has 0 spiro atoms. The molecule has 1 aromatic rings. The number of thiazole rings is 1. The van der Waals surface area contributed by atoms with E-state index in [0.717, 1.165) is 19.6 Å². The summed E-state index contributed by atoms with van der Waals surface area (Å²) in [6.45, 7) is 7.48. The summed E-state index contributed by atoms with van der Waals surface area (Å²) >= 11 is 1.71. The van der Waals surface area contributed by atoms with Crippen LogP contribution >= 0.6 is 11.3 Å². The summed E-state index contributed by atoms with van der Waals surface area (Å²) in [5, 5.41) is 9.95. The highest BCUT2D eigenvalue weighted by atomic mass is 32.1. The molecular formula is C11H17N3S. The van der Waals surface area contributed by atoms with Crippen LogP contribution in [0.4, 0.5) is 0 Å². The van der Waals surface area contributed by atoms with Gasteiger partial charge in [0.1, 0.15) is 5.01 Å². The molecule has 2 rings (SSSR count). The Morgan fingerprint density at radius 2 is 2.47 bits per heavy atom. The number of aromatic nitrogens is 1. The number of nitrogens with one attached hydrogen (secondary N) is 2. The zero-order chi connectivity index (χ0) is 10.7. The maximum atomic E-state index is 4.30. The molecule has 0 radical (unpaired) electrons. The third-order valence-corrected chi connectivity index (χ3v) is 3.73. The normalized spacial score (nSPS) is 17.3. The Hall–Kier alpha value is -0.710. The van der Waals surface area contributed by atoms with Gasteiger partial charge in [0.15, 0.2) is 0 Å². The second-order valence-electron chi connectivity index (χ2n) is 3.96. The minimum atomic E-state index is 0.355. The van der Waals surface area contributed by atoms with Gasteiger partial charge in [0.05, 0.1) is 6.04 Å². The summed E-state index contributed by atoms with van der Waals surface area (Å²) in [5.41, 5.74) is 3.02. The summed E-state index contributed by atoms with van der Waals surface area (Å²) < 4.78 is 0. The molecular weight excluding hydrogens is 206 g/mol. The minimum absolute atomic E-state index is 0.355. The lowest BCUT2D eigenvalue weighted by Crippen LogP contribution is -2.36. The first-order valence-corrected chi connectivity index (χ1v) is 6.16. The fraction of sp³-hybridized carbons (Fsp3) is 0.545. The van der Waals surface area contributed by atoms with Gasteiger partial charge in [0.2, 0.25) is 0 Å². The van der Waals surface area contributed by atoms with Crippen LogP contribution in [0.15, 0.2) is 22.7 Å². The standard InChI is InChI=1S/C11H17N3S/c1-8(10-6-12-7-10)5-14-9(2)11-13-3-4-15-11/h3-4,9,12,14H,5-7H2,1-2H3. The first kappa shape index (κ1) is 10.8. The molecule has 1 aliphatic rings. The van der Waals surface area contributed by atoms with E-state index < -0.39 is 0 Å². The van der Waals surface area contributed by atoms with Gasteiger partial charge in [-0.05, 0) is 19.4 Å². The highest BCUT2D eigenvalue weighted by molar-refractivity contribution is 7.09. The molecule has 15 heavy (non-hydrogen) atoms. The maximum absolute atomic E-state index is 4.30. The molecule has 0 saturated carbocycles. The molecule has 1 fully saturated rings. The Morgan fingerprint density at radius 3 is 3.00 bits per heavy atom. The molecule has 2 N–H and O–H groups in total. The van der Waals surface area contributed by atoms with Gasteiger partial charge >= 0.3 is 0 Å². The summed E-state index contributed by atoms with van der Waals surface area (Å²) in [5.74, 6) is 0. The van der Waals surface area contributed by atoms with Gasteiger partial charge in [-0.1, -0.05) is 5.57 Å². The van der Waals surface area contributed by atoms with Crippen LogP contribution in [0, 0.1) is 0 Å². The lowest BCUT2D eigenvalue weighted by molar-refractivity contribution is 0.587. The zero-order valence-electron chi connectivity index (χ0n) is 9.21. The van der Waals surface area contributed by atoms with Gasteiger partial charge in [0.25, 0.3) is 0 Å². The highest BCUT2D eigenvalue weighted by Gasteiger charge is 2.12. The van der Waals surface area contributed by atoms with Crippen molar-refractivity contribution in [2.45, 2.75) is 19.9 Å². The SMILES string of the molecule is CC(CNC(C)c1nccs1)=C1CNC1. The number of hydrogen-bond acceptors (Lipinski definition) is 4. The summed E-state index contributed by atoms with van der Waals surface area (Å²) in [7, 11) is 0. The molecule has 0 aliphatic carbocycles. The highest BCUT2D eigenvalue weighted by Crippen LogP contribution is 2.15. The van der Waals surface area contributed by atoms with Crippen molar-refractivity contribution in [3.8, 4) is 0 Å². The minimum Gasteiger partial charge on any atom is -0.309 e. The van der Waals surface area contributed by atoms with Crippen LogP contribution in [0.25, 0.3) is 0 Å². The topological polar surface area (TPSA) is 37.0 Å². The Balaban J connectivity index is 1.83. The molecule has 2 heterocycles. The van der Waals surface area contributed by atoms with E-state index in [1.807, 2.05) is 11.6 Å². The molecule has 1 atom stereocenters. The molecule has 4 heteroatoms. The molecule has 1 aliphatic heterocycles. The van der Waals surface area contributed by atoms with E-state index in [9.17, 15) is 0 Å². The lowest BCUT2D eigenvalue weighted by atomic mass is 10.0. The van der Waals surface area contributed by atoms with Crippen LogP contribution in [0.3, 0.4) is 0 Å². The zero-order valence-corrected chi connectivity index (χ0v) is 10.0. The molecule has 0 aromatic carbocycles. The fourth-order valence-corrected chi connectivity index (χ4v) is 2.19. The molecule has 0 amide bonds. The Labute approximate surface area is 94.6 Å². The van der Waals surface area contributed by atoms with E-state index in [2.05, 4.69) is 29.5 Å². The second-order valence-corrected chi connectivity index (χ2v) is 4.89. The molecule has 0 bridgehead atoms. The first-order chi connectivity index (χ1) is 7.27. The summed E-state index contributed by atoms with van der Waals surface area (Å²) in [6.07, 6.45) is 1.86. The van der Waals surface area contributed by atoms with E-state index >= 15 is 0 Å². The third-order valence-electron chi connectivity index (χ3n) is 2.78. The van der Waals surface area contributed by atoms with Crippen LogP contribution in [0.1, 0.15) is 24.9 Å². The maximum Gasteiger partial charge on any atom is 0.109 e. The number of nitrogens with zero attached hydrogens (tertiary/aromatic N) is 1. The Morgan fingerprint density at radius 1 is 1.67 bits per heavy atom. The van der Waals surface area contributed by atoms with Crippen LogP contribution in [-0.2, 0) is 0 Å². The van der Waals surface area contributed by atoms with Crippen LogP contribution in [-0.4, -0.2) is 24.6 Å². The average Bonchev–Trinajstić information content (AvgIpc) is 2.63. The molecule has 1 unspecified atom stereocenters. The van der Waals surface area contributed by atoms with E-state index in [1.54, 1.807) is 16.9 Å². The van der Waals surface area contributed by atoms with E-state index in [-0.39, 0.29) is 0 Å². The summed E-state index contributed by atoms with van der Waals surface area (Å²) in [6, 6.07) is 0.355. The first-order valence-electron chi connectivity index (χ1n) is 5.28. The molecule has 82 valence electrons. The van der Waals surface area contributed by atoms with Gasteiger partial charge < -0.3 is 10.6 Å². The van der Waals surface area contributed by atoms with Gasteiger partial charge in [-0.2, -0.15) is 0 Å². The molecule has 1 aromatic heterocycles. The predicted molar refractivity (Wildman–Crippen MR) is 64.1 cm³/mol. The molecule has 1 saturated heterocycles. The number of hydrogen-bond donors (Lipinski definition) is 2. The van der Waals surface area contributed by atoms with Crippen molar-refractivity contribution in [2.75, 3.05) is 19.6 Å². The van der Waals surface area contributed by atoms with Crippen molar-refractivity contribution in [1.29, 1.82) is 0 Å². The fourth-order valence-electron chi connectivity index (χ4n) is 1.52. The van der Waals surface area contributed by atoms with Crippen LogP contribution < -0.4 is 10.6 Å². The van der Waals surface area contributed by atoms with Crippen molar-refractivity contribution >= 4 is 11.3 Å².